The molecule has 4 aromatic rings. The van der Waals surface area contributed by atoms with Crippen molar-refractivity contribution in [2.75, 3.05) is 0 Å². The molecule has 0 bridgehead atoms. The van der Waals surface area contributed by atoms with Gasteiger partial charge in [0.2, 0.25) is 0 Å². The Bertz CT molecular complexity index is 1420. The van der Waals surface area contributed by atoms with E-state index < -0.39 is 5.97 Å². The number of carbonyl (C=O) groups is 1. The topological polar surface area (TPSA) is 99.0 Å². The van der Waals surface area contributed by atoms with Crippen molar-refractivity contribution in [3.8, 4) is 11.8 Å². The number of rotatable bonds is 6. The van der Waals surface area contributed by atoms with E-state index in [0.717, 1.165) is 18.3 Å². The van der Waals surface area contributed by atoms with Gasteiger partial charge in [-0.1, -0.05) is 12.1 Å². The third kappa shape index (κ3) is 5.33. The number of nitrogens with zero attached hydrogens (tertiary/aromatic N) is 2. The molecule has 0 spiro atoms. The molecule has 2 N–H and O–H groups in total. The lowest BCUT2D eigenvalue weighted by molar-refractivity contribution is 0.0697. The smallest absolute Gasteiger partial charge is 0.335 e. The number of carboxylic acid groups (broad SMARTS) is 1. The summed E-state index contributed by atoms with van der Waals surface area (Å²) in [5.74, 6) is -0.277. The van der Waals surface area contributed by atoms with Crippen LogP contribution in [0.5, 0.6) is 5.75 Å². The van der Waals surface area contributed by atoms with E-state index in [1.165, 1.54) is 12.1 Å². The molecule has 164 valence electrons. The largest absolute Gasteiger partial charge is 0.487 e. The van der Waals surface area contributed by atoms with E-state index in [9.17, 15) is 14.4 Å². The van der Waals surface area contributed by atoms with Crippen molar-refractivity contribution in [2.24, 2.45) is 0 Å². The van der Waals surface area contributed by atoms with Crippen LogP contribution in [0.3, 0.4) is 0 Å². The maximum absolute atomic E-state index is 13.5. The van der Waals surface area contributed by atoms with Crippen LogP contribution in [0.2, 0.25) is 0 Å². The molecule has 4 rings (SSSR count). The summed E-state index contributed by atoms with van der Waals surface area (Å²) < 4.78 is 21.1. The van der Waals surface area contributed by atoms with E-state index in [4.69, 9.17) is 9.84 Å². The Labute approximate surface area is 215 Å². The summed E-state index contributed by atoms with van der Waals surface area (Å²) in [4.78, 5) is 18.4. The van der Waals surface area contributed by atoms with Gasteiger partial charge in [0.25, 0.3) is 0 Å². The van der Waals surface area contributed by atoms with E-state index in [0.29, 0.717) is 34.8 Å². The van der Waals surface area contributed by atoms with Gasteiger partial charge in [-0.05, 0) is 105 Å². The Kier molecular flexibility index (Phi) is 6.94. The first kappa shape index (κ1) is 23.2. The second kappa shape index (κ2) is 9.88. The Morgan fingerprint density at radius 2 is 1.85 bits per heavy atom. The van der Waals surface area contributed by atoms with Crippen LogP contribution in [0.15, 0.2) is 54.6 Å². The number of hydrogen-bond donors (Lipinski definition) is 2. The van der Waals surface area contributed by atoms with Gasteiger partial charge in [-0.15, -0.1) is 0 Å². The monoisotopic (exact) mass is 665 g/mol. The molecule has 0 aliphatic heterocycles. The fourth-order valence-electron chi connectivity index (χ4n) is 3.13. The number of nitrogens with one attached hydrogen (secondary N) is 1. The van der Waals surface area contributed by atoms with Gasteiger partial charge in [-0.2, -0.15) is 5.26 Å². The minimum absolute atomic E-state index is 0.224. The maximum Gasteiger partial charge on any atom is 0.335 e. The summed E-state index contributed by atoms with van der Waals surface area (Å²) in [5.41, 5.74) is 3.30. The van der Waals surface area contributed by atoms with Crippen LogP contribution in [0, 0.1) is 24.3 Å². The number of allylic oxidation sites excluding steroid dienone is 1. The molecule has 9 heteroatoms. The molecule has 1 heterocycles. The summed E-state index contributed by atoms with van der Waals surface area (Å²) in [5, 5.41) is 18.7. The van der Waals surface area contributed by atoms with Gasteiger partial charge in [-0.25, -0.2) is 14.2 Å². The van der Waals surface area contributed by atoms with Crippen molar-refractivity contribution in [1.29, 1.82) is 5.26 Å². The highest BCUT2D eigenvalue weighted by atomic mass is 127. The lowest BCUT2D eigenvalue weighted by Crippen LogP contribution is -2.01. The van der Waals surface area contributed by atoms with Crippen LogP contribution in [0.4, 0.5) is 4.39 Å². The molecule has 0 unspecified atom stereocenters. The van der Waals surface area contributed by atoms with Gasteiger partial charge in [-0.3, -0.25) is 0 Å². The summed E-state index contributed by atoms with van der Waals surface area (Å²) in [6.45, 7) is 0.292. The number of H-pyrrole nitrogens is 1. The Hall–Kier alpha value is -2.98. The minimum atomic E-state index is -0.971. The van der Waals surface area contributed by atoms with Crippen molar-refractivity contribution >= 4 is 73.8 Å². The average Bonchev–Trinajstić information content (AvgIpc) is 3.20. The third-order valence-corrected chi connectivity index (χ3v) is 6.34. The Morgan fingerprint density at radius 3 is 2.48 bits per heavy atom. The number of hydrogen-bond acceptors (Lipinski definition) is 4. The van der Waals surface area contributed by atoms with Crippen LogP contribution in [0.25, 0.3) is 22.7 Å². The number of benzene rings is 3. The molecule has 0 saturated carbocycles. The van der Waals surface area contributed by atoms with Gasteiger partial charge in [0, 0.05) is 0 Å². The molecule has 33 heavy (non-hydrogen) atoms. The van der Waals surface area contributed by atoms with Gasteiger partial charge >= 0.3 is 5.97 Å². The average molecular weight is 665 g/mol. The highest BCUT2D eigenvalue weighted by Crippen LogP contribution is 2.31. The second-order valence-corrected chi connectivity index (χ2v) is 9.35. The van der Waals surface area contributed by atoms with Crippen LogP contribution in [0.1, 0.15) is 27.3 Å². The quantitative estimate of drug-likeness (QED) is 0.188. The highest BCUT2D eigenvalue weighted by molar-refractivity contribution is 14.1. The summed E-state index contributed by atoms with van der Waals surface area (Å²) in [6.07, 6.45) is 1.72. The number of ether oxygens (including phenoxy) is 1. The SMILES string of the molecule is N#C/C(=C/c1cc(I)c(OCc2ccc(C(=O)O)cc2)c(I)c1)c1nc2ccc(F)cc2[nH]1. The third-order valence-electron chi connectivity index (χ3n) is 4.74. The summed E-state index contributed by atoms with van der Waals surface area (Å²) in [6, 6.07) is 16.7. The summed E-state index contributed by atoms with van der Waals surface area (Å²) >= 11 is 4.34. The lowest BCUT2D eigenvalue weighted by Gasteiger charge is -2.12. The molecule has 6 nitrogen and oxygen atoms in total. The van der Waals surface area contributed by atoms with Crippen molar-refractivity contribution in [2.45, 2.75) is 6.61 Å². The zero-order valence-corrected chi connectivity index (χ0v) is 21.1. The van der Waals surface area contributed by atoms with Gasteiger partial charge in [0.1, 0.15) is 30.1 Å². The number of imidazole rings is 1. The van der Waals surface area contributed by atoms with Gasteiger partial charge in [0.05, 0.1) is 29.3 Å². The molecule has 0 aliphatic rings. The number of nitriles is 1. The van der Waals surface area contributed by atoms with Crippen molar-refractivity contribution < 1.29 is 19.0 Å². The fourth-order valence-corrected chi connectivity index (χ4v) is 5.26. The van der Waals surface area contributed by atoms with Crippen molar-refractivity contribution in [3.05, 3.63) is 90.1 Å². The molecule has 0 amide bonds. The van der Waals surface area contributed by atoms with Crippen LogP contribution >= 0.6 is 45.2 Å². The predicted molar refractivity (Wildman–Crippen MR) is 139 cm³/mol. The minimum Gasteiger partial charge on any atom is -0.487 e. The zero-order chi connectivity index (χ0) is 23.5. The van der Waals surface area contributed by atoms with E-state index in [2.05, 4.69) is 61.2 Å². The number of aromatic amines is 1. The van der Waals surface area contributed by atoms with Gasteiger partial charge < -0.3 is 14.8 Å². The normalized spacial score (nSPS) is 11.4. The van der Waals surface area contributed by atoms with Crippen LogP contribution in [-0.4, -0.2) is 21.0 Å². The molecule has 0 radical (unpaired) electrons. The predicted octanol–water partition coefficient (Wildman–Crippen LogP) is 6.25. The van der Waals surface area contributed by atoms with Gasteiger partial charge in [0.15, 0.2) is 0 Å². The molecule has 0 saturated heterocycles. The van der Waals surface area contributed by atoms with Crippen LogP contribution < -0.4 is 4.74 Å². The number of halogens is 3. The molecule has 0 atom stereocenters. The molecule has 3 aromatic carbocycles. The molecule has 0 fully saturated rings. The molecular formula is C24H14FI2N3O3. The van der Waals surface area contributed by atoms with Crippen molar-refractivity contribution in [3.63, 3.8) is 0 Å². The summed E-state index contributed by atoms with van der Waals surface area (Å²) in [7, 11) is 0. The first-order valence-corrected chi connectivity index (χ1v) is 11.7. The Balaban J connectivity index is 1.56. The van der Waals surface area contributed by atoms with Crippen molar-refractivity contribution in [1.82, 2.24) is 9.97 Å². The number of aromatic nitrogens is 2. The number of fused-ring (bicyclic) bond motifs is 1. The van der Waals surface area contributed by atoms with E-state index in [1.807, 2.05) is 12.1 Å². The standard InChI is InChI=1S/C24H14FI2N3O3/c25-17-5-6-20-21(10-17)30-23(29-20)16(11-28)7-14-8-18(26)22(19(27)9-14)33-12-13-1-3-15(4-2-13)24(31)32/h1-10H,12H2,(H,29,30)(H,31,32)/b16-7-. The molecule has 0 aliphatic carbocycles. The lowest BCUT2D eigenvalue weighted by atomic mass is 10.1. The van der Waals surface area contributed by atoms with E-state index >= 15 is 0 Å². The first-order chi connectivity index (χ1) is 15.8. The van der Waals surface area contributed by atoms with E-state index in [-0.39, 0.29) is 11.4 Å². The van der Waals surface area contributed by atoms with E-state index in [1.54, 1.807) is 36.4 Å². The molecule has 1 aromatic heterocycles. The first-order valence-electron chi connectivity index (χ1n) is 9.55. The highest BCUT2D eigenvalue weighted by Gasteiger charge is 2.12. The number of aromatic carboxylic acids is 1. The zero-order valence-electron chi connectivity index (χ0n) is 16.8. The maximum atomic E-state index is 13.5. The molecular weight excluding hydrogens is 651 g/mol. The Morgan fingerprint density at radius 1 is 1.15 bits per heavy atom. The fraction of sp³-hybridized carbons (Fsp3) is 0.0417. The van der Waals surface area contributed by atoms with Crippen LogP contribution in [-0.2, 0) is 6.61 Å². The number of carboxylic acids is 1. The second-order valence-electron chi connectivity index (χ2n) is 7.02.